The quantitative estimate of drug-likeness (QED) is 0.284. The summed E-state index contributed by atoms with van der Waals surface area (Å²) >= 11 is 11.7. The molecule has 0 aliphatic heterocycles. The first-order valence-corrected chi connectivity index (χ1v) is 9.47. The number of hydrogen-bond donors (Lipinski definition) is 5. The fraction of sp³-hybridized carbons (Fsp3) is 0.278. The van der Waals surface area contributed by atoms with Crippen molar-refractivity contribution < 1.29 is 29.5 Å². The molecule has 2 aromatic rings. The van der Waals surface area contributed by atoms with Gasteiger partial charge in [0.2, 0.25) is 5.91 Å². The fourth-order valence-electron chi connectivity index (χ4n) is 2.30. The number of aliphatic carboxylic acids is 2. The third kappa shape index (κ3) is 7.89. The third-order valence-electron chi connectivity index (χ3n) is 3.83. The maximum Gasteiger partial charge on any atom is 0.326 e. The minimum Gasteiger partial charge on any atom is -0.481 e. The molecule has 0 aliphatic carbocycles. The molecule has 2 atom stereocenters. The maximum atomic E-state index is 11.1. The summed E-state index contributed by atoms with van der Waals surface area (Å²) in [5.74, 6) is -3.01. The Morgan fingerprint density at radius 3 is 2.29 bits per heavy atom. The standard InChI is InChI=1S/C10H6Cl2N2O2.C8H14N2O5/c11-8-3-1-2-6(10(8)14(15)16)7-4-13-5-9(7)12;1-4(9)7(13)10-5(8(14)15)2-3-6(11)12/h1-5,13H;4-5H,2-3,9H2,1H3,(H,10,13)(H,11,12)(H,14,15)/t;4-,5+/m.0/s1. The highest BCUT2D eigenvalue weighted by Crippen LogP contribution is 2.38. The minimum atomic E-state index is -1.27. The van der Waals surface area contributed by atoms with E-state index in [9.17, 15) is 24.5 Å². The summed E-state index contributed by atoms with van der Waals surface area (Å²) in [6.07, 6.45) is 2.67. The van der Waals surface area contributed by atoms with Crippen molar-refractivity contribution in [3.05, 3.63) is 50.8 Å². The molecule has 0 bridgehead atoms. The molecular formula is C18H20Cl2N4O7. The number of aromatic amines is 1. The van der Waals surface area contributed by atoms with Crippen molar-refractivity contribution in [3.63, 3.8) is 0 Å². The van der Waals surface area contributed by atoms with E-state index in [-0.39, 0.29) is 23.6 Å². The summed E-state index contributed by atoms with van der Waals surface area (Å²) in [7, 11) is 0. The molecule has 168 valence electrons. The number of aromatic nitrogens is 1. The van der Waals surface area contributed by atoms with Crippen LogP contribution in [0.2, 0.25) is 10.0 Å². The fourth-order valence-corrected chi connectivity index (χ4v) is 2.76. The predicted octanol–water partition coefficient (Wildman–Crippen LogP) is 2.66. The molecule has 6 N–H and O–H groups in total. The Balaban J connectivity index is 0.000000311. The molecule has 0 aliphatic rings. The summed E-state index contributed by atoms with van der Waals surface area (Å²) in [6, 6.07) is 2.70. The highest BCUT2D eigenvalue weighted by Gasteiger charge is 2.22. The molecule has 0 fully saturated rings. The lowest BCUT2D eigenvalue weighted by Gasteiger charge is -2.14. The number of carbonyl (C=O) groups excluding carboxylic acids is 1. The summed E-state index contributed by atoms with van der Waals surface area (Å²) in [5.41, 5.74) is 6.06. The number of nitrogens with two attached hydrogens (primary N) is 1. The minimum absolute atomic E-state index is 0.0970. The highest BCUT2D eigenvalue weighted by molar-refractivity contribution is 6.35. The van der Waals surface area contributed by atoms with Crippen molar-refractivity contribution in [2.24, 2.45) is 5.73 Å². The number of carboxylic acid groups (broad SMARTS) is 2. The lowest BCUT2D eigenvalue weighted by atomic mass is 10.1. The molecule has 13 heteroatoms. The molecule has 0 saturated carbocycles. The molecule has 31 heavy (non-hydrogen) atoms. The normalized spacial score (nSPS) is 12.1. The van der Waals surface area contributed by atoms with Gasteiger partial charge in [0.15, 0.2) is 0 Å². The Morgan fingerprint density at radius 2 is 1.84 bits per heavy atom. The van der Waals surface area contributed by atoms with E-state index in [1.165, 1.54) is 13.0 Å². The smallest absolute Gasteiger partial charge is 0.326 e. The number of rotatable bonds is 8. The van der Waals surface area contributed by atoms with Gasteiger partial charge in [-0.3, -0.25) is 19.7 Å². The number of amides is 1. The van der Waals surface area contributed by atoms with Crippen LogP contribution in [-0.4, -0.2) is 50.0 Å². The first-order valence-electron chi connectivity index (χ1n) is 8.71. The van der Waals surface area contributed by atoms with E-state index >= 15 is 0 Å². The van der Waals surface area contributed by atoms with Crippen LogP contribution in [-0.2, 0) is 14.4 Å². The SMILES string of the molecule is C[C@H](N)C(=O)N[C@H](CCC(=O)O)C(=O)O.O=[N+]([O-])c1c(Cl)cccc1-c1c[nH]cc1Cl. The molecule has 0 saturated heterocycles. The molecule has 1 aromatic carbocycles. The van der Waals surface area contributed by atoms with Crippen molar-refractivity contribution >= 4 is 46.7 Å². The van der Waals surface area contributed by atoms with Crippen LogP contribution in [0.5, 0.6) is 0 Å². The van der Waals surface area contributed by atoms with E-state index in [2.05, 4.69) is 10.3 Å². The predicted molar refractivity (Wildman–Crippen MR) is 113 cm³/mol. The summed E-state index contributed by atoms with van der Waals surface area (Å²) < 4.78 is 0. The van der Waals surface area contributed by atoms with E-state index in [1.807, 2.05) is 0 Å². The Labute approximate surface area is 186 Å². The van der Waals surface area contributed by atoms with Gasteiger partial charge in [0, 0.05) is 24.4 Å². The highest BCUT2D eigenvalue weighted by atomic mass is 35.5. The number of nitrogens with zero attached hydrogens (tertiary/aromatic N) is 1. The van der Waals surface area contributed by atoms with Gasteiger partial charge in [0.05, 0.1) is 21.6 Å². The number of hydrogen-bond acceptors (Lipinski definition) is 6. The first-order chi connectivity index (χ1) is 14.5. The van der Waals surface area contributed by atoms with Crippen LogP contribution < -0.4 is 11.1 Å². The van der Waals surface area contributed by atoms with E-state index in [1.54, 1.807) is 24.5 Å². The van der Waals surface area contributed by atoms with Gasteiger partial charge in [-0.2, -0.15) is 0 Å². The zero-order chi connectivity index (χ0) is 23.7. The van der Waals surface area contributed by atoms with Gasteiger partial charge in [0.25, 0.3) is 5.69 Å². The molecular weight excluding hydrogens is 455 g/mol. The van der Waals surface area contributed by atoms with Gasteiger partial charge < -0.3 is 26.2 Å². The number of benzene rings is 1. The maximum absolute atomic E-state index is 11.1. The van der Waals surface area contributed by atoms with Gasteiger partial charge in [-0.15, -0.1) is 0 Å². The molecule has 0 unspecified atom stereocenters. The van der Waals surface area contributed by atoms with Crippen molar-refractivity contribution in [3.8, 4) is 11.1 Å². The second-order valence-corrected chi connectivity index (χ2v) is 7.04. The van der Waals surface area contributed by atoms with Gasteiger partial charge in [-0.25, -0.2) is 4.79 Å². The summed E-state index contributed by atoms with van der Waals surface area (Å²) in [4.78, 5) is 45.1. The molecule has 0 spiro atoms. The summed E-state index contributed by atoms with van der Waals surface area (Å²) in [6.45, 7) is 1.41. The van der Waals surface area contributed by atoms with Crippen LogP contribution in [0.4, 0.5) is 5.69 Å². The van der Waals surface area contributed by atoms with Crippen molar-refractivity contribution in [1.29, 1.82) is 0 Å². The Kier molecular flexibility index (Phi) is 9.93. The summed E-state index contributed by atoms with van der Waals surface area (Å²) in [5, 5.41) is 30.6. The number of carboxylic acids is 2. The number of nitro groups is 1. The lowest BCUT2D eigenvalue weighted by Crippen LogP contribution is -2.47. The molecule has 11 nitrogen and oxygen atoms in total. The Bertz CT molecular complexity index is 962. The van der Waals surface area contributed by atoms with E-state index in [4.69, 9.17) is 39.1 Å². The van der Waals surface area contributed by atoms with Crippen LogP contribution in [0.25, 0.3) is 11.1 Å². The van der Waals surface area contributed by atoms with Gasteiger partial charge in [-0.05, 0) is 25.5 Å². The average molecular weight is 475 g/mol. The number of para-hydroxylation sites is 1. The van der Waals surface area contributed by atoms with E-state index < -0.39 is 34.9 Å². The van der Waals surface area contributed by atoms with Gasteiger partial charge in [-0.1, -0.05) is 29.3 Å². The Hall–Kier alpha value is -3.15. The lowest BCUT2D eigenvalue weighted by molar-refractivity contribution is -0.384. The monoisotopic (exact) mass is 474 g/mol. The molecule has 0 radical (unpaired) electrons. The topological polar surface area (TPSA) is 189 Å². The van der Waals surface area contributed by atoms with Crippen molar-refractivity contribution in [2.45, 2.75) is 31.8 Å². The number of halogens is 2. The van der Waals surface area contributed by atoms with Crippen molar-refractivity contribution in [2.75, 3.05) is 0 Å². The molecule has 1 amide bonds. The zero-order valence-corrected chi connectivity index (χ0v) is 17.7. The van der Waals surface area contributed by atoms with E-state index in [0.29, 0.717) is 16.1 Å². The zero-order valence-electron chi connectivity index (χ0n) is 16.2. The van der Waals surface area contributed by atoms with Crippen molar-refractivity contribution in [1.82, 2.24) is 10.3 Å². The van der Waals surface area contributed by atoms with Gasteiger partial charge >= 0.3 is 11.9 Å². The van der Waals surface area contributed by atoms with Crippen LogP contribution in [0.1, 0.15) is 19.8 Å². The number of nitro benzene ring substituents is 1. The van der Waals surface area contributed by atoms with Crippen LogP contribution >= 0.6 is 23.2 Å². The van der Waals surface area contributed by atoms with Crippen LogP contribution in [0.3, 0.4) is 0 Å². The van der Waals surface area contributed by atoms with Crippen LogP contribution in [0.15, 0.2) is 30.6 Å². The van der Waals surface area contributed by atoms with Gasteiger partial charge in [0.1, 0.15) is 11.1 Å². The van der Waals surface area contributed by atoms with Crippen LogP contribution in [0, 0.1) is 10.1 Å². The average Bonchev–Trinajstić information content (AvgIpc) is 3.10. The number of nitrogens with one attached hydrogen (secondary N) is 2. The molecule has 2 rings (SSSR count). The molecule has 1 heterocycles. The molecule has 1 aromatic heterocycles. The second kappa shape index (κ2) is 11.9. The Morgan fingerprint density at radius 1 is 1.19 bits per heavy atom. The number of H-pyrrole nitrogens is 1. The third-order valence-corrected chi connectivity index (χ3v) is 4.45. The first kappa shape index (κ1) is 25.9. The number of carbonyl (C=O) groups is 3. The largest absolute Gasteiger partial charge is 0.481 e. The second-order valence-electron chi connectivity index (χ2n) is 6.23. The van der Waals surface area contributed by atoms with E-state index in [0.717, 1.165) is 0 Å².